The van der Waals surface area contributed by atoms with Gasteiger partial charge in [0.05, 0.1) is 19.8 Å². The van der Waals surface area contributed by atoms with Crippen LogP contribution in [-0.4, -0.2) is 52.9 Å². The van der Waals surface area contributed by atoms with Crippen molar-refractivity contribution in [1.29, 1.82) is 0 Å². The second-order valence-electron chi connectivity index (χ2n) is 7.96. The Balaban J connectivity index is 1.51. The molecule has 0 saturated carbocycles. The van der Waals surface area contributed by atoms with Gasteiger partial charge in [0.2, 0.25) is 0 Å². The summed E-state index contributed by atoms with van der Waals surface area (Å²) in [6.07, 6.45) is 4.66. The predicted molar refractivity (Wildman–Crippen MR) is 113 cm³/mol. The first-order valence-corrected chi connectivity index (χ1v) is 10.5. The molecule has 0 bridgehead atoms. The minimum absolute atomic E-state index is 0.0338. The molecule has 154 valence electrons. The van der Waals surface area contributed by atoms with Crippen LogP contribution in [-0.2, 0) is 30.7 Å². The van der Waals surface area contributed by atoms with Crippen LogP contribution in [0.3, 0.4) is 0 Å². The molecule has 1 unspecified atom stereocenters. The number of benzene rings is 1. The van der Waals surface area contributed by atoms with E-state index in [-0.39, 0.29) is 5.91 Å². The summed E-state index contributed by atoms with van der Waals surface area (Å²) in [6.45, 7) is 9.90. The Morgan fingerprint density at radius 3 is 2.79 bits per heavy atom. The van der Waals surface area contributed by atoms with Crippen molar-refractivity contribution < 1.29 is 9.53 Å². The summed E-state index contributed by atoms with van der Waals surface area (Å²) in [5, 5.41) is 8.39. The smallest absolute Gasteiger partial charge is 0.274 e. The molecule has 6 heteroatoms. The maximum atomic E-state index is 13.2. The average molecular weight is 395 g/mol. The summed E-state index contributed by atoms with van der Waals surface area (Å²) in [5.74, 6) is 0.0338. The van der Waals surface area contributed by atoms with Crippen molar-refractivity contribution in [3.63, 3.8) is 0 Å². The fraction of sp³-hybridized carbons (Fsp3) is 0.478. The van der Waals surface area contributed by atoms with Crippen molar-refractivity contribution in [3.8, 4) is 0 Å². The Bertz CT molecular complexity index is 866. The number of morpholine rings is 1. The number of ether oxygens (including phenoxy) is 1. The van der Waals surface area contributed by atoms with E-state index in [1.54, 1.807) is 0 Å². The monoisotopic (exact) mass is 394 g/mol. The van der Waals surface area contributed by atoms with E-state index in [4.69, 9.17) is 9.84 Å². The molecule has 2 heterocycles. The van der Waals surface area contributed by atoms with E-state index in [0.29, 0.717) is 44.6 Å². The molecule has 1 aliphatic heterocycles. The zero-order valence-corrected chi connectivity index (χ0v) is 17.2. The number of aromatic nitrogens is 2. The third-order valence-corrected chi connectivity index (χ3v) is 5.86. The normalized spacial score (nSPS) is 19.1. The number of fused-ring (bicyclic) bond motifs is 1. The highest BCUT2D eigenvalue weighted by molar-refractivity contribution is 5.94. The standard InChI is InChI=1S/C23H30N4O2/c1-3-10-27-21-9-8-19(24-16-18-6-4-17(2)5-7-18)15-20(21)22(25-27)23(28)26-11-13-29-14-12-26/h3-7,19,24H,1,8-16H2,2H3. The number of nitrogens with one attached hydrogen (secondary N) is 1. The molecule has 1 aromatic heterocycles. The Labute approximate surface area is 172 Å². The van der Waals surface area contributed by atoms with Crippen molar-refractivity contribution in [2.75, 3.05) is 26.3 Å². The largest absolute Gasteiger partial charge is 0.378 e. The van der Waals surface area contributed by atoms with Crippen LogP contribution in [0.25, 0.3) is 0 Å². The second kappa shape index (κ2) is 8.93. The number of hydrogen-bond donors (Lipinski definition) is 1. The molecule has 1 saturated heterocycles. The van der Waals surface area contributed by atoms with Gasteiger partial charge in [-0.3, -0.25) is 9.48 Å². The molecule has 1 atom stereocenters. The molecule has 6 nitrogen and oxygen atoms in total. The molecule has 1 aromatic carbocycles. The summed E-state index contributed by atoms with van der Waals surface area (Å²) in [7, 11) is 0. The summed E-state index contributed by atoms with van der Waals surface area (Å²) in [6, 6.07) is 8.99. The highest BCUT2D eigenvalue weighted by atomic mass is 16.5. The highest BCUT2D eigenvalue weighted by Crippen LogP contribution is 2.26. The Morgan fingerprint density at radius 2 is 2.07 bits per heavy atom. The van der Waals surface area contributed by atoms with Gasteiger partial charge in [-0.05, 0) is 31.7 Å². The van der Waals surface area contributed by atoms with Crippen molar-refractivity contribution in [2.45, 2.75) is 45.3 Å². The van der Waals surface area contributed by atoms with Gasteiger partial charge in [-0.2, -0.15) is 5.10 Å². The molecular formula is C23H30N4O2. The van der Waals surface area contributed by atoms with Crippen molar-refractivity contribution in [3.05, 3.63) is 65.0 Å². The van der Waals surface area contributed by atoms with E-state index in [9.17, 15) is 4.79 Å². The Morgan fingerprint density at radius 1 is 1.31 bits per heavy atom. The highest BCUT2D eigenvalue weighted by Gasteiger charge is 2.31. The lowest BCUT2D eigenvalue weighted by atomic mass is 9.90. The predicted octanol–water partition coefficient (Wildman–Crippen LogP) is 2.50. The molecule has 0 spiro atoms. The molecule has 2 aliphatic rings. The van der Waals surface area contributed by atoms with Crippen molar-refractivity contribution >= 4 is 5.91 Å². The van der Waals surface area contributed by atoms with Gasteiger partial charge >= 0.3 is 0 Å². The summed E-state index contributed by atoms with van der Waals surface area (Å²) in [5.41, 5.74) is 5.47. The third kappa shape index (κ3) is 4.43. The molecule has 1 amide bonds. The number of rotatable bonds is 6. The molecule has 1 aliphatic carbocycles. The van der Waals surface area contributed by atoms with E-state index >= 15 is 0 Å². The first-order valence-electron chi connectivity index (χ1n) is 10.5. The molecule has 2 aromatic rings. The van der Waals surface area contributed by atoms with Gasteiger partial charge < -0.3 is 15.0 Å². The van der Waals surface area contributed by atoms with Crippen molar-refractivity contribution in [1.82, 2.24) is 20.0 Å². The number of carbonyl (C=O) groups excluding carboxylic acids is 1. The van der Waals surface area contributed by atoms with Gasteiger partial charge in [0, 0.05) is 36.9 Å². The SMILES string of the molecule is C=CCn1nc(C(=O)N2CCOCC2)c2c1CCC(NCc1ccc(C)cc1)C2. The minimum Gasteiger partial charge on any atom is -0.378 e. The fourth-order valence-corrected chi connectivity index (χ4v) is 4.19. The van der Waals surface area contributed by atoms with Crippen LogP contribution in [0.15, 0.2) is 36.9 Å². The van der Waals surface area contributed by atoms with E-state index in [1.165, 1.54) is 16.8 Å². The maximum Gasteiger partial charge on any atom is 0.274 e. The maximum absolute atomic E-state index is 13.2. The van der Waals surface area contributed by atoms with Crippen LogP contribution < -0.4 is 5.32 Å². The minimum atomic E-state index is 0.0338. The van der Waals surface area contributed by atoms with Crippen LogP contribution in [0.4, 0.5) is 0 Å². The first kappa shape index (κ1) is 19.9. The van der Waals surface area contributed by atoms with E-state index in [1.807, 2.05) is 15.7 Å². The van der Waals surface area contributed by atoms with E-state index < -0.39 is 0 Å². The fourth-order valence-electron chi connectivity index (χ4n) is 4.19. The number of carbonyl (C=O) groups is 1. The van der Waals surface area contributed by atoms with Gasteiger partial charge in [-0.25, -0.2) is 0 Å². The van der Waals surface area contributed by atoms with Gasteiger partial charge in [0.15, 0.2) is 5.69 Å². The quantitative estimate of drug-likeness (QED) is 0.765. The topological polar surface area (TPSA) is 59.4 Å². The van der Waals surface area contributed by atoms with Gasteiger partial charge in [-0.15, -0.1) is 6.58 Å². The van der Waals surface area contributed by atoms with Crippen LogP contribution in [0.1, 0.15) is 39.3 Å². The van der Waals surface area contributed by atoms with Crippen LogP contribution in [0.5, 0.6) is 0 Å². The van der Waals surface area contributed by atoms with Gasteiger partial charge in [0.1, 0.15) is 0 Å². The zero-order chi connectivity index (χ0) is 20.2. The van der Waals surface area contributed by atoms with Gasteiger partial charge in [-0.1, -0.05) is 35.9 Å². The molecular weight excluding hydrogens is 364 g/mol. The molecule has 4 rings (SSSR count). The van der Waals surface area contributed by atoms with E-state index in [0.717, 1.165) is 31.4 Å². The molecule has 0 radical (unpaired) electrons. The lowest BCUT2D eigenvalue weighted by molar-refractivity contribution is 0.0297. The number of aryl methyl sites for hydroxylation is 1. The molecule has 1 fully saturated rings. The second-order valence-corrected chi connectivity index (χ2v) is 7.96. The van der Waals surface area contributed by atoms with E-state index in [2.05, 4.69) is 43.1 Å². The number of nitrogens with zero attached hydrogens (tertiary/aromatic N) is 3. The first-order chi connectivity index (χ1) is 14.2. The number of allylic oxidation sites excluding steroid dienone is 1. The van der Waals surface area contributed by atoms with Crippen LogP contribution >= 0.6 is 0 Å². The van der Waals surface area contributed by atoms with Crippen LogP contribution in [0.2, 0.25) is 0 Å². The molecule has 1 N–H and O–H groups in total. The Hall–Kier alpha value is -2.44. The lowest BCUT2D eigenvalue weighted by Gasteiger charge is -2.28. The van der Waals surface area contributed by atoms with Gasteiger partial charge in [0.25, 0.3) is 5.91 Å². The number of amides is 1. The summed E-state index contributed by atoms with van der Waals surface area (Å²) >= 11 is 0. The molecule has 29 heavy (non-hydrogen) atoms. The Kier molecular flexibility index (Phi) is 6.11. The zero-order valence-electron chi connectivity index (χ0n) is 17.2. The van der Waals surface area contributed by atoms with Crippen molar-refractivity contribution in [2.24, 2.45) is 0 Å². The third-order valence-electron chi connectivity index (χ3n) is 5.86. The lowest BCUT2D eigenvalue weighted by Crippen LogP contribution is -2.41. The van der Waals surface area contributed by atoms with Crippen LogP contribution in [0, 0.1) is 6.92 Å². The number of hydrogen-bond acceptors (Lipinski definition) is 4. The summed E-state index contributed by atoms with van der Waals surface area (Å²) < 4.78 is 7.36. The average Bonchev–Trinajstić information content (AvgIpc) is 3.11. The summed E-state index contributed by atoms with van der Waals surface area (Å²) in [4.78, 5) is 15.0.